The molecule has 1 spiro atoms. The lowest BCUT2D eigenvalue weighted by atomic mass is 9.78. The summed E-state index contributed by atoms with van der Waals surface area (Å²) in [5.41, 5.74) is -0.424. The quantitative estimate of drug-likeness (QED) is 0.522. The number of carbonyl (C=O) groups is 4. The highest BCUT2D eigenvalue weighted by atomic mass is 32.1. The Morgan fingerprint density at radius 2 is 1.73 bits per heavy atom. The van der Waals surface area contributed by atoms with Crippen molar-refractivity contribution < 1.29 is 23.9 Å². The first kappa shape index (κ1) is 28.0. The number of rotatable bonds is 6. The van der Waals surface area contributed by atoms with Gasteiger partial charge in [-0.25, -0.2) is 0 Å². The molecule has 6 rings (SSSR count). The molecule has 4 fully saturated rings. The number of nitrogens with zero attached hydrogens (tertiary/aromatic N) is 4. The molecule has 0 radical (unpaired) electrons. The summed E-state index contributed by atoms with van der Waals surface area (Å²) in [7, 11) is 1.61. The highest BCUT2D eigenvalue weighted by Gasteiger charge is 2.60. The predicted molar refractivity (Wildman–Crippen MR) is 157 cm³/mol. The minimum Gasteiger partial charge on any atom is -0.495 e. The van der Waals surface area contributed by atoms with Gasteiger partial charge in [-0.15, -0.1) is 11.3 Å². The van der Waals surface area contributed by atoms with Crippen molar-refractivity contribution in [3.8, 4) is 5.75 Å². The van der Waals surface area contributed by atoms with Gasteiger partial charge in [0.05, 0.1) is 17.4 Å². The summed E-state index contributed by atoms with van der Waals surface area (Å²) >= 11 is 1.38. The van der Waals surface area contributed by atoms with Crippen molar-refractivity contribution in [3.63, 3.8) is 0 Å². The van der Waals surface area contributed by atoms with Gasteiger partial charge in [0, 0.05) is 50.6 Å². The van der Waals surface area contributed by atoms with Gasteiger partial charge in [-0.1, -0.05) is 19.1 Å². The molecule has 1 aromatic heterocycles. The van der Waals surface area contributed by atoms with E-state index in [1.807, 2.05) is 30.0 Å². The number of nitrogens with one attached hydrogen (secondary N) is 1. The molecule has 11 heteroatoms. The summed E-state index contributed by atoms with van der Waals surface area (Å²) in [5.74, 6) is 0.455. The van der Waals surface area contributed by atoms with E-state index in [-0.39, 0.29) is 29.7 Å². The van der Waals surface area contributed by atoms with E-state index >= 15 is 0 Å². The van der Waals surface area contributed by atoms with E-state index in [4.69, 9.17) is 4.74 Å². The normalized spacial score (nSPS) is 21.6. The number of fused-ring (bicyclic) bond motifs is 2. The third-order valence-electron chi connectivity index (χ3n) is 9.20. The van der Waals surface area contributed by atoms with Crippen molar-refractivity contribution in [1.29, 1.82) is 0 Å². The Morgan fingerprint density at radius 3 is 2.39 bits per heavy atom. The Morgan fingerprint density at radius 1 is 1.02 bits per heavy atom. The molecule has 0 unspecified atom stereocenters. The van der Waals surface area contributed by atoms with Crippen LogP contribution in [-0.2, 0) is 14.4 Å². The molecule has 4 saturated heterocycles. The third-order valence-corrected chi connectivity index (χ3v) is 10.3. The minimum absolute atomic E-state index is 0.0167. The van der Waals surface area contributed by atoms with E-state index in [9.17, 15) is 19.2 Å². The van der Waals surface area contributed by atoms with Crippen LogP contribution in [0.15, 0.2) is 18.2 Å². The van der Waals surface area contributed by atoms with Gasteiger partial charge in [0.15, 0.2) is 0 Å². The molecule has 4 amide bonds. The SMILES string of the molecule is CCCC(=O)Nc1sc2c(OC)cccc2c1C(=O)N1CCC(N2CCCC3(C2)C(=O)N2CCCCN2C3=O)CC1. The molecule has 0 saturated carbocycles. The first-order chi connectivity index (χ1) is 19.9. The topological polar surface area (TPSA) is 102 Å². The van der Waals surface area contributed by atoms with Gasteiger partial charge in [-0.3, -0.25) is 34.1 Å². The summed E-state index contributed by atoms with van der Waals surface area (Å²) in [6, 6.07) is 5.86. The van der Waals surface area contributed by atoms with Gasteiger partial charge in [0.25, 0.3) is 17.7 Å². The first-order valence-corrected chi connectivity index (χ1v) is 15.8. The van der Waals surface area contributed by atoms with Gasteiger partial charge in [0.1, 0.15) is 16.2 Å². The molecule has 1 N–H and O–H groups in total. The number of hydrogen-bond acceptors (Lipinski definition) is 7. The molecule has 220 valence electrons. The maximum Gasteiger partial charge on any atom is 0.258 e. The van der Waals surface area contributed by atoms with Crippen LogP contribution in [0.1, 0.15) is 68.6 Å². The average Bonchev–Trinajstić information content (AvgIpc) is 3.46. The van der Waals surface area contributed by atoms with Crippen molar-refractivity contribution in [2.75, 3.05) is 51.7 Å². The van der Waals surface area contributed by atoms with Crippen LogP contribution in [0.3, 0.4) is 0 Å². The molecule has 0 aliphatic carbocycles. The number of piperidine rings is 2. The number of likely N-dealkylation sites (tertiary alicyclic amines) is 2. The van der Waals surface area contributed by atoms with Crippen LogP contribution >= 0.6 is 11.3 Å². The second kappa shape index (κ2) is 11.2. The van der Waals surface area contributed by atoms with Gasteiger partial charge < -0.3 is 15.0 Å². The van der Waals surface area contributed by atoms with E-state index in [1.54, 1.807) is 17.1 Å². The number of ether oxygens (including phenoxy) is 1. The number of methoxy groups -OCH3 is 1. The van der Waals surface area contributed by atoms with Crippen LogP contribution in [0.25, 0.3) is 10.1 Å². The lowest BCUT2D eigenvalue weighted by Gasteiger charge is -2.44. The zero-order valence-electron chi connectivity index (χ0n) is 23.9. The van der Waals surface area contributed by atoms with Crippen LogP contribution in [0, 0.1) is 5.41 Å². The first-order valence-electron chi connectivity index (χ1n) is 14.9. The Bertz CT molecular complexity index is 1340. The minimum atomic E-state index is -0.949. The number of benzene rings is 1. The van der Waals surface area contributed by atoms with Crippen LogP contribution in [-0.4, -0.2) is 95.9 Å². The molecule has 0 atom stereocenters. The number of anilines is 1. The average molecular weight is 582 g/mol. The van der Waals surface area contributed by atoms with Crippen LogP contribution in [0.5, 0.6) is 5.75 Å². The summed E-state index contributed by atoms with van der Waals surface area (Å²) in [6.07, 6.45) is 6.00. The lowest BCUT2D eigenvalue weighted by molar-refractivity contribution is -0.150. The molecule has 1 aromatic carbocycles. The Hall–Kier alpha value is -3.18. The number of thiophene rings is 1. The van der Waals surface area contributed by atoms with Crippen LogP contribution < -0.4 is 10.1 Å². The molecular weight excluding hydrogens is 542 g/mol. The molecule has 4 aliphatic heterocycles. The maximum atomic E-state index is 14.0. The molecule has 5 heterocycles. The van der Waals surface area contributed by atoms with Crippen LogP contribution in [0.2, 0.25) is 0 Å². The molecule has 4 aliphatic rings. The monoisotopic (exact) mass is 581 g/mol. The molecule has 41 heavy (non-hydrogen) atoms. The highest BCUT2D eigenvalue weighted by molar-refractivity contribution is 7.23. The maximum absolute atomic E-state index is 14.0. The molecular formula is C30H39N5O5S. The second-order valence-corrected chi connectivity index (χ2v) is 12.7. The fourth-order valence-corrected chi connectivity index (χ4v) is 8.29. The van der Waals surface area contributed by atoms with E-state index in [0.717, 1.165) is 55.2 Å². The van der Waals surface area contributed by atoms with Crippen LogP contribution in [0.4, 0.5) is 5.00 Å². The lowest BCUT2D eigenvalue weighted by Crippen LogP contribution is -2.56. The van der Waals surface area contributed by atoms with E-state index in [1.165, 1.54) is 11.3 Å². The summed E-state index contributed by atoms with van der Waals surface area (Å²) in [4.78, 5) is 57.7. The van der Waals surface area contributed by atoms with Gasteiger partial charge >= 0.3 is 0 Å². The molecule has 0 bridgehead atoms. The summed E-state index contributed by atoms with van der Waals surface area (Å²) < 4.78 is 6.40. The largest absolute Gasteiger partial charge is 0.495 e. The molecule has 2 aromatic rings. The Kier molecular flexibility index (Phi) is 7.67. The second-order valence-electron chi connectivity index (χ2n) is 11.7. The van der Waals surface area contributed by atoms with Crippen molar-refractivity contribution in [2.45, 2.75) is 64.3 Å². The van der Waals surface area contributed by atoms with Gasteiger partial charge in [0.2, 0.25) is 5.91 Å². The summed E-state index contributed by atoms with van der Waals surface area (Å²) in [6.45, 7) is 5.72. The summed E-state index contributed by atoms with van der Waals surface area (Å²) in [5, 5.41) is 7.75. The standard InChI is InChI=1S/C30H39N5O5S/c1-3-8-23(36)31-26-24(21-9-6-10-22(40-2)25(21)41-26)27(37)32-17-11-20(12-18-32)33-14-7-13-30(19-33)28(38)34-15-4-5-16-35(34)29(30)39/h6,9-10,20H,3-5,7-8,11-19H2,1-2H3,(H,31,36). The van der Waals surface area contributed by atoms with Crippen molar-refractivity contribution in [2.24, 2.45) is 5.41 Å². The van der Waals surface area contributed by atoms with Crippen molar-refractivity contribution in [3.05, 3.63) is 23.8 Å². The smallest absolute Gasteiger partial charge is 0.258 e. The molecule has 10 nitrogen and oxygen atoms in total. The number of amides is 4. The Balaban J connectivity index is 1.18. The zero-order valence-corrected chi connectivity index (χ0v) is 24.8. The highest BCUT2D eigenvalue weighted by Crippen LogP contribution is 2.44. The van der Waals surface area contributed by atoms with E-state index < -0.39 is 5.41 Å². The number of carbonyl (C=O) groups excluding carboxylic acids is 4. The Labute approximate surface area is 244 Å². The van der Waals surface area contributed by atoms with E-state index in [0.29, 0.717) is 61.9 Å². The number of hydrogen-bond donors (Lipinski definition) is 1. The zero-order chi connectivity index (χ0) is 28.7. The predicted octanol–water partition coefficient (Wildman–Crippen LogP) is 3.71. The fraction of sp³-hybridized carbons (Fsp3) is 0.600. The van der Waals surface area contributed by atoms with Crippen molar-refractivity contribution >= 4 is 50.1 Å². The number of hydrazine groups is 1. The van der Waals surface area contributed by atoms with Gasteiger partial charge in [-0.05, 0) is 57.6 Å². The third kappa shape index (κ3) is 4.76. The van der Waals surface area contributed by atoms with E-state index in [2.05, 4.69) is 10.2 Å². The van der Waals surface area contributed by atoms with Gasteiger partial charge in [-0.2, -0.15) is 0 Å². The fourth-order valence-electron chi connectivity index (χ4n) is 7.08. The van der Waals surface area contributed by atoms with Crippen molar-refractivity contribution in [1.82, 2.24) is 19.8 Å².